The van der Waals surface area contributed by atoms with Gasteiger partial charge in [0.15, 0.2) is 29.2 Å². The first-order valence-electron chi connectivity index (χ1n) is 16.4. The van der Waals surface area contributed by atoms with Gasteiger partial charge in [0.25, 0.3) is 0 Å². The van der Waals surface area contributed by atoms with E-state index in [0.717, 1.165) is 16.2 Å². The van der Waals surface area contributed by atoms with Crippen molar-refractivity contribution in [2.45, 2.75) is 44.9 Å². The molecular weight excluding hydrogens is 716 g/mol. The standard InChI is InChI=1S/C33H43ClN10O7S/c1-7-11-38-30-26-31(41-21(40-30)10-9-19(8-2)52-18(3)34)44(17-39-26)27-20-12-33(20,32(49)37-4)29(51-25(48)16-43(6)23(46)14-36)28(27)50-24(47)15-42(5)22(45)13-35/h8,17,20,27-29H,3,7,11-16,35-36H2,1-2,4-6H3,(H,37,49)(H,38,40,41)/b19-8-/t20-,27-,28+,29+,33+/m1/s1. The normalized spacial score (nSPS) is 21.7. The van der Waals surface area contributed by atoms with Crippen molar-refractivity contribution in [1.29, 1.82) is 0 Å². The van der Waals surface area contributed by atoms with Gasteiger partial charge in [0.05, 0.1) is 40.1 Å². The quantitative estimate of drug-likeness (QED) is 0.142. The van der Waals surface area contributed by atoms with Gasteiger partial charge in [0.2, 0.25) is 23.5 Å². The molecule has 0 radical (unpaired) electrons. The molecule has 17 nitrogen and oxygen atoms in total. The summed E-state index contributed by atoms with van der Waals surface area (Å²) in [5.41, 5.74) is 10.3. The van der Waals surface area contributed by atoms with Crippen molar-refractivity contribution >= 4 is 70.0 Å². The third-order valence-electron chi connectivity index (χ3n) is 8.79. The highest BCUT2D eigenvalue weighted by Crippen LogP contribution is 2.69. The van der Waals surface area contributed by atoms with Gasteiger partial charge in [-0.3, -0.25) is 24.0 Å². The van der Waals surface area contributed by atoms with Gasteiger partial charge >= 0.3 is 11.9 Å². The van der Waals surface area contributed by atoms with Crippen molar-refractivity contribution in [2.75, 3.05) is 59.2 Å². The lowest BCUT2D eigenvalue weighted by molar-refractivity contribution is -0.176. The Balaban J connectivity index is 1.86. The number of nitrogens with two attached hydrogens (primary N) is 2. The van der Waals surface area contributed by atoms with E-state index in [2.05, 4.69) is 39.0 Å². The fourth-order valence-corrected chi connectivity index (χ4v) is 6.94. The van der Waals surface area contributed by atoms with E-state index in [1.807, 2.05) is 6.92 Å². The lowest BCUT2D eigenvalue weighted by atomic mass is 9.97. The van der Waals surface area contributed by atoms with E-state index in [1.165, 1.54) is 39.2 Å². The predicted molar refractivity (Wildman–Crippen MR) is 194 cm³/mol. The van der Waals surface area contributed by atoms with Gasteiger partial charge in [-0.05, 0) is 25.7 Å². The van der Waals surface area contributed by atoms with Crippen LogP contribution in [0.3, 0.4) is 0 Å². The summed E-state index contributed by atoms with van der Waals surface area (Å²) in [7, 11) is 4.23. The number of aromatic nitrogens is 4. The summed E-state index contributed by atoms with van der Waals surface area (Å²) in [5, 5.41) is 5.92. The summed E-state index contributed by atoms with van der Waals surface area (Å²) in [4.78, 5) is 81.5. The topological polar surface area (TPSA) is 230 Å². The van der Waals surface area contributed by atoms with E-state index in [4.69, 9.17) is 37.5 Å². The van der Waals surface area contributed by atoms with Gasteiger partial charge in [-0.25, -0.2) is 15.0 Å². The minimum absolute atomic E-state index is 0.144. The number of esters is 2. The molecule has 19 heteroatoms. The molecule has 280 valence electrons. The van der Waals surface area contributed by atoms with E-state index in [1.54, 1.807) is 17.6 Å². The number of allylic oxidation sites excluding steroid dienone is 2. The van der Waals surface area contributed by atoms with Crippen LogP contribution < -0.4 is 22.1 Å². The maximum absolute atomic E-state index is 13.7. The number of hydrogen-bond donors (Lipinski definition) is 4. The molecule has 0 saturated heterocycles. The van der Waals surface area contributed by atoms with Crippen molar-refractivity contribution in [3.8, 4) is 11.8 Å². The summed E-state index contributed by atoms with van der Waals surface area (Å²) in [5.74, 6) is 2.87. The third kappa shape index (κ3) is 8.49. The minimum atomic E-state index is -1.31. The molecule has 2 saturated carbocycles. The van der Waals surface area contributed by atoms with Crippen molar-refractivity contribution in [3.05, 3.63) is 34.1 Å². The molecule has 0 bridgehead atoms. The number of imidazole rings is 1. The molecule has 0 unspecified atom stereocenters. The van der Waals surface area contributed by atoms with E-state index in [-0.39, 0.29) is 25.3 Å². The summed E-state index contributed by atoms with van der Waals surface area (Å²) in [6.07, 6.45) is 1.75. The molecule has 52 heavy (non-hydrogen) atoms. The molecule has 2 aromatic heterocycles. The largest absolute Gasteiger partial charge is 0.456 e. The summed E-state index contributed by atoms with van der Waals surface area (Å²) in [6, 6.07) is -0.834. The van der Waals surface area contributed by atoms with Gasteiger partial charge in [0.1, 0.15) is 13.1 Å². The number of likely N-dealkylation sites (N-methyl/N-ethyl adjacent to an activating group) is 2. The van der Waals surface area contributed by atoms with Crippen LogP contribution in [0.1, 0.15) is 38.6 Å². The highest BCUT2D eigenvalue weighted by Gasteiger charge is 2.78. The molecule has 2 aromatic rings. The molecule has 2 heterocycles. The molecule has 0 aromatic carbocycles. The van der Waals surface area contributed by atoms with Crippen LogP contribution in [-0.4, -0.2) is 125 Å². The summed E-state index contributed by atoms with van der Waals surface area (Å²) in [6.45, 7) is 6.46. The van der Waals surface area contributed by atoms with Crippen LogP contribution in [0.25, 0.3) is 11.2 Å². The molecule has 2 aliphatic carbocycles. The number of nitrogens with zero attached hydrogens (tertiary/aromatic N) is 6. The predicted octanol–water partition coefficient (Wildman–Crippen LogP) is 0.312. The number of nitrogens with one attached hydrogen (secondary N) is 2. The van der Waals surface area contributed by atoms with Gasteiger partial charge in [-0.15, -0.1) is 0 Å². The Labute approximate surface area is 310 Å². The van der Waals surface area contributed by atoms with Crippen LogP contribution in [0.2, 0.25) is 0 Å². The van der Waals surface area contributed by atoms with E-state index in [0.29, 0.717) is 32.8 Å². The number of carbonyl (C=O) groups is 5. The number of fused-ring (bicyclic) bond motifs is 2. The van der Waals surface area contributed by atoms with Crippen LogP contribution in [0, 0.1) is 23.2 Å². The third-order valence-corrected chi connectivity index (χ3v) is 9.80. The molecule has 4 rings (SSSR count). The second kappa shape index (κ2) is 17.2. The molecule has 2 fully saturated rings. The molecule has 5 atom stereocenters. The number of anilines is 1. The van der Waals surface area contributed by atoms with E-state index >= 15 is 0 Å². The lowest BCUT2D eigenvalue weighted by Gasteiger charge is -2.31. The maximum atomic E-state index is 13.7. The number of ether oxygens (including phenoxy) is 2. The zero-order valence-corrected chi connectivity index (χ0v) is 31.2. The molecule has 0 aliphatic heterocycles. The monoisotopic (exact) mass is 758 g/mol. The Morgan fingerprint density at radius 2 is 1.77 bits per heavy atom. The van der Waals surface area contributed by atoms with Gasteiger partial charge in [-0.1, -0.05) is 48.9 Å². The summed E-state index contributed by atoms with van der Waals surface area (Å²) < 4.78 is 14.0. The Bertz CT molecular complexity index is 1840. The Hall–Kier alpha value is -4.70. The zero-order valence-electron chi connectivity index (χ0n) is 29.6. The van der Waals surface area contributed by atoms with Crippen molar-refractivity contribution in [3.63, 3.8) is 0 Å². The van der Waals surface area contributed by atoms with Crippen molar-refractivity contribution < 1.29 is 33.4 Å². The fraction of sp³-hybridized carbons (Fsp3) is 0.515. The molecule has 2 aliphatic rings. The molecule has 6 N–H and O–H groups in total. The first-order chi connectivity index (χ1) is 24.7. The number of rotatable bonds is 15. The Morgan fingerprint density at radius 1 is 1.13 bits per heavy atom. The smallest absolute Gasteiger partial charge is 0.326 e. The van der Waals surface area contributed by atoms with Gasteiger partial charge in [-0.2, -0.15) is 0 Å². The first kappa shape index (κ1) is 40.1. The number of hydrogen-bond acceptors (Lipinski definition) is 14. The highest BCUT2D eigenvalue weighted by molar-refractivity contribution is 8.08. The Morgan fingerprint density at radius 3 is 2.33 bits per heavy atom. The number of halogens is 1. The van der Waals surface area contributed by atoms with Gasteiger partial charge < -0.3 is 45.9 Å². The number of thioether (sulfide) groups is 1. The highest BCUT2D eigenvalue weighted by atomic mass is 35.5. The molecule has 0 spiro atoms. The zero-order chi connectivity index (χ0) is 38.3. The van der Waals surface area contributed by atoms with Crippen LogP contribution in [0.4, 0.5) is 5.82 Å². The fourth-order valence-electron chi connectivity index (χ4n) is 6.23. The minimum Gasteiger partial charge on any atom is -0.456 e. The lowest BCUT2D eigenvalue weighted by Crippen LogP contribution is -2.48. The summed E-state index contributed by atoms with van der Waals surface area (Å²) >= 11 is 7.17. The average Bonchev–Trinajstić information content (AvgIpc) is 3.63. The molecule has 3 amide bonds. The number of carbonyl (C=O) groups excluding carboxylic acids is 5. The van der Waals surface area contributed by atoms with E-state index in [9.17, 15) is 24.0 Å². The van der Waals surface area contributed by atoms with Crippen LogP contribution in [0.5, 0.6) is 0 Å². The molecular formula is C33H43ClN10O7S. The van der Waals surface area contributed by atoms with E-state index < -0.39 is 72.3 Å². The SMILES string of the molecule is C=C(Cl)S/C(C#Cc1nc(NCCC)c2ncn([C@H]3[C@H](OC(=O)CN(C)C(=O)CN)[C@H](OC(=O)CN(C)C(=O)CN)[C@]4(C(=O)NC)C[C@H]34)c2n1)=C\C. The van der Waals surface area contributed by atoms with Crippen molar-refractivity contribution in [2.24, 2.45) is 22.8 Å². The Kier molecular flexibility index (Phi) is 13.3. The number of amides is 3. The second-order valence-corrected chi connectivity index (χ2v) is 14.0. The maximum Gasteiger partial charge on any atom is 0.326 e. The van der Waals surface area contributed by atoms with Crippen LogP contribution in [-0.2, 0) is 33.4 Å². The van der Waals surface area contributed by atoms with Gasteiger partial charge in [0, 0.05) is 33.6 Å². The van der Waals surface area contributed by atoms with Crippen molar-refractivity contribution in [1.82, 2.24) is 34.6 Å². The second-order valence-electron chi connectivity index (χ2n) is 12.2. The van der Waals surface area contributed by atoms with Crippen LogP contribution in [0.15, 0.2) is 28.3 Å². The average molecular weight is 759 g/mol. The van der Waals surface area contributed by atoms with Crippen LogP contribution >= 0.6 is 23.4 Å². The first-order valence-corrected chi connectivity index (χ1v) is 17.6.